The minimum absolute atomic E-state index is 0.597. The molecule has 2 aromatic carbocycles. The van der Waals surface area contributed by atoms with E-state index in [9.17, 15) is 4.39 Å². The van der Waals surface area contributed by atoms with Crippen molar-refractivity contribution in [3.05, 3.63) is 107 Å². The molecule has 0 unspecified atom stereocenters. The SMILES string of the molecule is CC.CCc1ccc(N/C=C\C(=N)F)nc1.Cc1ccc(/C=C/c2ccc(C(C)C)cc2)cc1. The van der Waals surface area contributed by atoms with Gasteiger partial charge in [0.05, 0.1) is 0 Å². The zero-order valence-corrected chi connectivity index (χ0v) is 21.3. The second-order valence-corrected chi connectivity index (χ2v) is 7.80. The average molecular weight is 460 g/mol. The van der Waals surface area contributed by atoms with Crippen molar-refractivity contribution in [2.45, 2.75) is 53.9 Å². The van der Waals surface area contributed by atoms with Crippen LogP contribution in [0.1, 0.15) is 68.4 Å². The fraction of sp³-hybridized carbons (Fsp3) is 0.267. The van der Waals surface area contributed by atoms with Crippen molar-refractivity contribution in [2.75, 3.05) is 5.32 Å². The van der Waals surface area contributed by atoms with Crippen molar-refractivity contribution < 1.29 is 4.39 Å². The van der Waals surface area contributed by atoms with Crippen LogP contribution in [0.4, 0.5) is 10.2 Å². The van der Waals surface area contributed by atoms with E-state index in [0.717, 1.165) is 18.1 Å². The first kappa shape index (κ1) is 28.5. The number of benzene rings is 2. The molecule has 34 heavy (non-hydrogen) atoms. The first-order chi connectivity index (χ1) is 16.4. The minimum Gasteiger partial charge on any atom is -0.347 e. The number of aryl methyl sites for hydroxylation is 2. The van der Waals surface area contributed by atoms with E-state index in [1.807, 2.05) is 26.0 Å². The molecule has 0 radical (unpaired) electrons. The average Bonchev–Trinajstić information content (AvgIpc) is 2.86. The van der Waals surface area contributed by atoms with Gasteiger partial charge in [0.25, 0.3) is 0 Å². The summed E-state index contributed by atoms with van der Waals surface area (Å²) in [6.07, 6.45) is 9.39. The lowest BCUT2D eigenvalue weighted by Gasteiger charge is -2.04. The van der Waals surface area contributed by atoms with Crippen molar-refractivity contribution in [1.29, 1.82) is 5.41 Å². The van der Waals surface area contributed by atoms with E-state index in [2.05, 4.69) is 98.7 Å². The quantitative estimate of drug-likeness (QED) is 0.274. The minimum atomic E-state index is -0.984. The summed E-state index contributed by atoms with van der Waals surface area (Å²) in [5.41, 5.74) is 6.34. The van der Waals surface area contributed by atoms with Crippen molar-refractivity contribution in [1.82, 2.24) is 4.98 Å². The van der Waals surface area contributed by atoms with Crippen LogP contribution in [0.25, 0.3) is 12.2 Å². The van der Waals surface area contributed by atoms with Gasteiger partial charge in [-0.1, -0.05) is 107 Å². The molecular formula is C30H38FN3. The van der Waals surface area contributed by atoms with E-state index >= 15 is 0 Å². The van der Waals surface area contributed by atoms with Gasteiger partial charge in [0.2, 0.25) is 5.97 Å². The van der Waals surface area contributed by atoms with E-state index in [1.165, 1.54) is 28.5 Å². The van der Waals surface area contributed by atoms with Crippen LogP contribution in [-0.2, 0) is 6.42 Å². The predicted octanol–water partition coefficient (Wildman–Crippen LogP) is 8.83. The van der Waals surface area contributed by atoms with Gasteiger partial charge < -0.3 is 5.32 Å². The molecule has 1 aromatic heterocycles. The Bertz CT molecular complexity index is 1020. The van der Waals surface area contributed by atoms with E-state index in [1.54, 1.807) is 6.20 Å². The number of allylic oxidation sites excluding steroid dienone is 1. The molecule has 0 saturated carbocycles. The lowest BCUT2D eigenvalue weighted by Crippen LogP contribution is -1.93. The van der Waals surface area contributed by atoms with Gasteiger partial charge >= 0.3 is 0 Å². The van der Waals surface area contributed by atoms with Crippen LogP contribution in [0.3, 0.4) is 0 Å². The molecule has 3 rings (SSSR count). The smallest absolute Gasteiger partial charge is 0.206 e. The second kappa shape index (κ2) is 16.1. The van der Waals surface area contributed by atoms with Gasteiger partial charge in [-0.05, 0) is 47.6 Å². The number of rotatable bonds is 7. The molecule has 0 aliphatic heterocycles. The van der Waals surface area contributed by atoms with Crippen molar-refractivity contribution in [2.24, 2.45) is 0 Å². The first-order valence-electron chi connectivity index (χ1n) is 11.8. The van der Waals surface area contributed by atoms with Gasteiger partial charge in [-0.3, -0.25) is 5.41 Å². The third-order valence-corrected chi connectivity index (χ3v) is 4.84. The van der Waals surface area contributed by atoms with Crippen molar-refractivity contribution >= 4 is 23.9 Å². The highest BCUT2D eigenvalue weighted by Gasteiger charge is 1.97. The number of pyridine rings is 1. The van der Waals surface area contributed by atoms with E-state index in [4.69, 9.17) is 5.41 Å². The number of hydrogen-bond donors (Lipinski definition) is 2. The number of hydrogen-bond acceptors (Lipinski definition) is 3. The van der Waals surface area contributed by atoms with Gasteiger partial charge in [-0.25, -0.2) is 4.98 Å². The number of halogens is 1. The number of nitrogens with one attached hydrogen (secondary N) is 2. The molecule has 0 amide bonds. The monoisotopic (exact) mass is 459 g/mol. The number of aromatic nitrogens is 1. The Labute approximate surface area is 205 Å². The highest BCUT2D eigenvalue weighted by Crippen LogP contribution is 2.16. The molecule has 0 aliphatic rings. The molecule has 180 valence electrons. The predicted molar refractivity (Wildman–Crippen MR) is 147 cm³/mol. The topological polar surface area (TPSA) is 48.8 Å². The Morgan fingerprint density at radius 1 is 0.941 bits per heavy atom. The zero-order valence-electron chi connectivity index (χ0n) is 21.3. The van der Waals surface area contributed by atoms with Crippen molar-refractivity contribution in [3.8, 4) is 0 Å². The molecule has 0 atom stereocenters. The lowest BCUT2D eigenvalue weighted by molar-refractivity contribution is 0.803. The van der Waals surface area contributed by atoms with Gasteiger partial charge in [0.1, 0.15) is 5.82 Å². The van der Waals surface area contributed by atoms with Gasteiger partial charge in [0.15, 0.2) is 0 Å². The van der Waals surface area contributed by atoms with Crippen LogP contribution >= 0.6 is 0 Å². The maximum atomic E-state index is 12.0. The summed E-state index contributed by atoms with van der Waals surface area (Å²) in [7, 11) is 0. The van der Waals surface area contributed by atoms with E-state index < -0.39 is 5.97 Å². The van der Waals surface area contributed by atoms with Gasteiger partial charge in [-0.2, -0.15) is 4.39 Å². The molecule has 1 heterocycles. The van der Waals surface area contributed by atoms with Crippen LogP contribution in [-0.4, -0.2) is 10.9 Å². The Balaban J connectivity index is 0.000000326. The van der Waals surface area contributed by atoms with E-state index in [-0.39, 0.29) is 0 Å². The molecule has 4 heteroatoms. The maximum absolute atomic E-state index is 12.0. The lowest BCUT2D eigenvalue weighted by atomic mass is 10.0. The molecule has 3 nitrogen and oxygen atoms in total. The summed E-state index contributed by atoms with van der Waals surface area (Å²) >= 11 is 0. The third-order valence-electron chi connectivity index (χ3n) is 4.84. The van der Waals surface area contributed by atoms with Gasteiger partial charge in [0, 0.05) is 18.5 Å². The fourth-order valence-corrected chi connectivity index (χ4v) is 2.78. The highest BCUT2D eigenvalue weighted by atomic mass is 19.1. The molecule has 0 fully saturated rings. The summed E-state index contributed by atoms with van der Waals surface area (Å²) < 4.78 is 12.0. The largest absolute Gasteiger partial charge is 0.347 e. The fourth-order valence-electron chi connectivity index (χ4n) is 2.78. The van der Waals surface area contributed by atoms with Crippen LogP contribution in [0.15, 0.2) is 79.1 Å². The number of nitrogens with zero attached hydrogens (tertiary/aromatic N) is 1. The molecule has 0 saturated heterocycles. The second-order valence-electron chi connectivity index (χ2n) is 7.80. The molecule has 2 N–H and O–H groups in total. The summed E-state index contributed by atoms with van der Waals surface area (Å²) in [4.78, 5) is 4.09. The maximum Gasteiger partial charge on any atom is 0.206 e. The molecular weight excluding hydrogens is 421 g/mol. The molecule has 0 bridgehead atoms. The highest BCUT2D eigenvalue weighted by molar-refractivity contribution is 5.83. The molecule has 3 aromatic rings. The zero-order chi connectivity index (χ0) is 25.3. The summed E-state index contributed by atoms with van der Waals surface area (Å²) in [6, 6.07) is 21.1. The van der Waals surface area contributed by atoms with Crippen LogP contribution in [0, 0.1) is 12.3 Å². The Kier molecular flexibility index (Phi) is 13.5. The normalized spacial score (nSPS) is 10.5. The number of anilines is 1. The Morgan fingerprint density at radius 2 is 1.50 bits per heavy atom. The third kappa shape index (κ3) is 11.4. The Morgan fingerprint density at radius 3 is 1.94 bits per heavy atom. The summed E-state index contributed by atoms with van der Waals surface area (Å²) in [5, 5.41) is 9.26. The molecule has 0 spiro atoms. The van der Waals surface area contributed by atoms with Crippen LogP contribution in [0.5, 0.6) is 0 Å². The van der Waals surface area contributed by atoms with Crippen molar-refractivity contribution in [3.63, 3.8) is 0 Å². The molecule has 0 aliphatic carbocycles. The van der Waals surface area contributed by atoms with Gasteiger partial charge in [-0.15, -0.1) is 0 Å². The van der Waals surface area contributed by atoms with E-state index in [0.29, 0.717) is 11.7 Å². The van der Waals surface area contributed by atoms with Crippen LogP contribution < -0.4 is 5.32 Å². The first-order valence-corrected chi connectivity index (χ1v) is 11.8. The van der Waals surface area contributed by atoms with Crippen LogP contribution in [0.2, 0.25) is 0 Å². The Hall–Kier alpha value is -3.53. The summed E-state index contributed by atoms with van der Waals surface area (Å²) in [6.45, 7) is 12.6. The summed E-state index contributed by atoms with van der Waals surface area (Å²) in [5.74, 6) is 0.252. The standard InChI is InChI=1S/C18H20.C10H12FN3.C2H6/c1-14(2)18-12-10-17(11-13-18)9-8-16-6-4-15(3)5-7-16;1-2-8-3-4-10(14-7-8)13-6-5-9(11)12;1-2/h4-14H,1-3H3;3-7,12H,2H2,1H3,(H,13,14);1-2H3/b9-8+;6-5-,12-9?;.